The van der Waals surface area contributed by atoms with E-state index in [9.17, 15) is 0 Å². The molecule has 0 bridgehead atoms. The molecule has 4 aromatic rings. The number of anilines is 4. The Labute approximate surface area is 201 Å². The Morgan fingerprint density at radius 2 is 1.76 bits per heavy atom. The highest BCUT2D eigenvalue weighted by Gasteiger charge is 2.45. The fourth-order valence-electron chi connectivity index (χ4n) is 3.80. The minimum Gasteiger partial charge on any atom is -0.490 e. The molecule has 0 spiro atoms. The first-order valence-corrected chi connectivity index (χ1v) is 11.6. The first-order chi connectivity index (χ1) is 16.0. The summed E-state index contributed by atoms with van der Waals surface area (Å²) >= 11 is 3.79. The number of halogens is 1. The van der Waals surface area contributed by atoms with Crippen molar-refractivity contribution in [3.8, 4) is 5.75 Å². The largest absolute Gasteiger partial charge is 0.490 e. The molecule has 0 aliphatic heterocycles. The fourth-order valence-corrected chi connectivity index (χ4v) is 4.52. The van der Waals surface area contributed by atoms with Crippen molar-refractivity contribution in [1.29, 1.82) is 0 Å². The molecule has 0 amide bonds. The van der Waals surface area contributed by atoms with Gasteiger partial charge in [0.1, 0.15) is 17.7 Å². The molecule has 1 aliphatic carbocycles. The minimum absolute atomic E-state index is 0.0540. The number of aromatic nitrogens is 3. The van der Waals surface area contributed by atoms with E-state index >= 15 is 0 Å². The number of alkyl halides is 1. The van der Waals surface area contributed by atoms with Gasteiger partial charge in [0, 0.05) is 30.1 Å². The second-order valence-electron chi connectivity index (χ2n) is 8.42. The Morgan fingerprint density at radius 3 is 2.55 bits per heavy atom. The lowest BCUT2D eigenvalue weighted by Gasteiger charge is -2.47. The molecule has 2 aromatic heterocycles. The number of hydrogen-bond donors (Lipinski definition) is 2. The monoisotopic (exact) mass is 504 g/mol. The van der Waals surface area contributed by atoms with Crippen molar-refractivity contribution < 1.29 is 4.74 Å². The van der Waals surface area contributed by atoms with Crippen molar-refractivity contribution in [2.24, 2.45) is 0 Å². The summed E-state index contributed by atoms with van der Waals surface area (Å²) in [4.78, 5) is 15.6. The predicted octanol–water partition coefficient (Wildman–Crippen LogP) is 5.71. The van der Waals surface area contributed by atoms with Crippen LogP contribution in [0.25, 0.3) is 10.9 Å². The summed E-state index contributed by atoms with van der Waals surface area (Å²) in [5.74, 6) is 2.06. The van der Waals surface area contributed by atoms with E-state index in [0.717, 1.165) is 40.9 Å². The molecule has 33 heavy (non-hydrogen) atoms. The van der Waals surface area contributed by atoms with E-state index < -0.39 is 0 Å². The summed E-state index contributed by atoms with van der Waals surface area (Å²) in [5, 5.41) is 7.62. The van der Waals surface area contributed by atoms with Crippen molar-refractivity contribution in [3.63, 3.8) is 0 Å². The average molecular weight is 505 g/mol. The van der Waals surface area contributed by atoms with E-state index in [2.05, 4.69) is 66.6 Å². The Balaban J connectivity index is 1.20. The molecule has 8 heteroatoms. The van der Waals surface area contributed by atoms with Crippen LogP contribution in [0.5, 0.6) is 5.75 Å². The minimum atomic E-state index is 0.0540. The maximum absolute atomic E-state index is 6.09. The van der Waals surface area contributed by atoms with Crippen LogP contribution in [-0.2, 0) is 0 Å². The highest BCUT2D eigenvalue weighted by molar-refractivity contribution is 9.10. The molecule has 2 aromatic carbocycles. The first-order valence-electron chi connectivity index (χ1n) is 10.8. The molecule has 1 aliphatic rings. The fraction of sp³-hybridized carbons (Fsp3) is 0.240. The van der Waals surface area contributed by atoms with Gasteiger partial charge in [-0.2, -0.15) is 4.98 Å². The lowest BCUT2D eigenvalue weighted by molar-refractivity contribution is 0.0234. The maximum atomic E-state index is 6.09. The van der Waals surface area contributed by atoms with Crippen LogP contribution in [0, 0.1) is 0 Å². The summed E-state index contributed by atoms with van der Waals surface area (Å²) < 4.78 is 6.14. The summed E-state index contributed by atoms with van der Waals surface area (Å²) in [6.45, 7) is 0. The number of benzene rings is 2. The predicted molar refractivity (Wildman–Crippen MR) is 136 cm³/mol. The quantitative estimate of drug-likeness (QED) is 0.246. The zero-order valence-corrected chi connectivity index (χ0v) is 20.1. The molecule has 2 N–H and O–H groups in total. The number of fused-ring (bicyclic) bond motifs is 1. The number of nitrogens with zero attached hydrogens (tertiary/aromatic N) is 4. The van der Waals surface area contributed by atoms with Gasteiger partial charge >= 0.3 is 0 Å². The molecule has 0 radical (unpaired) electrons. The standard InChI is InChI=1S/C25H25BrN6O/c1-32(2)25(26)14-21(15-25)33-20-9-7-18(8-10-20)30-24-27-12-11-23(31-24)29-19-13-17-5-3-4-6-22(17)28-16-19/h3-13,16,21H,14-15H2,1-2H3,(H2,27,29,30,31). The topological polar surface area (TPSA) is 75.2 Å². The lowest BCUT2D eigenvalue weighted by Crippen LogP contribution is -2.54. The number of hydrogen-bond acceptors (Lipinski definition) is 7. The third-order valence-corrected chi connectivity index (χ3v) is 7.17. The number of ether oxygens (including phenoxy) is 1. The number of rotatable bonds is 7. The molecule has 7 nitrogen and oxygen atoms in total. The smallest absolute Gasteiger partial charge is 0.229 e. The average Bonchev–Trinajstić information content (AvgIpc) is 2.79. The first kappa shape index (κ1) is 21.6. The van der Waals surface area contributed by atoms with Crippen LogP contribution in [0.1, 0.15) is 12.8 Å². The van der Waals surface area contributed by atoms with Crippen molar-refractivity contribution in [1.82, 2.24) is 19.9 Å². The second-order valence-corrected chi connectivity index (χ2v) is 9.89. The summed E-state index contributed by atoms with van der Waals surface area (Å²) in [6, 6.07) is 19.8. The molecular formula is C25H25BrN6O. The number of pyridine rings is 1. The molecule has 2 heterocycles. The summed E-state index contributed by atoms with van der Waals surface area (Å²) in [5.41, 5.74) is 2.73. The van der Waals surface area contributed by atoms with Gasteiger partial charge in [0.2, 0.25) is 5.95 Å². The number of nitrogens with one attached hydrogen (secondary N) is 2. The Hall–Kier alpha value is -3.23. The van der Waals surface area contributed by atoms with Gasteiger partial charge in [-0.05, 0) is 56.6 Å². The van der Waals surface area contributed by atoms with Crippen molar-refractivity contribution >= 4 is 50.0 Å². The molecule has 1 fully saturated rings. The van der Waals surface area contributed by atoms with Gasteiger partial charge in [0.25, 0.3) is 0 Å². The lowest BCUT2D eigenvalue weighted by atomic mass is 9.88. The van der Waals surface area contributed by atoms with E-state index in [-0.39, 0.29) is 10.6 Å². The van der Waals surface area contributed by atoms with Crippen molar-refractivity contribution in [2.45, 2.75) is 23.4 Å². The van der Waals surface area contributed by atoms with Crippen LogP contribution in [0.4, 0.5) is 23.1 Å². The molecule has 0 atom stereocenters. The molecule has 168 valence electrons. The van der Waals surface area contributed by atoms with Crippen molar-refractivity contribution in [2.75, 3.05) is 24.7 Å². The van der Waals surface area contributed by atoms with Gasteiger partial charge in [-0.1, -0.05) is 34.1 Å². The molecule has 1 saturated carbocycles. The third kappa shape index (κ3) is 4.91. The SMILES string of the molecule is CN(C)C1(Br)CC(Oc2ccc(Nc3nccc(Nc4cnc5ccccc5c4)n3)cc2)C1. The Morgan fingerprint density at radius 1 is 0.970 bits per heavy atom. The Kier molecular flexibility index (Phi) is 5.86. The van der Waals surface area contributed by atoms with Crippen LogP contribution >= 0.6 is 15.9 Å². The molecule has 0 unspecified atom stereocenters. The second kappa shape index (κ2) is 8.96. The van der Waals surface area contributed by atoms with Crippen LogP contribution < -0.4 is 15.4 Å². The molecular weight excluding hydrogens is 480 g/mol. The van der Waals surface area contributed by atoms with Gasteiger partial charge in [0.05, 0.1) is 21.8 Å². The van der Waals surface area contributed by atoms with Crippen molar-refractivity contribution in [3.05, 3.63) is 73.1 Å². The van der Waals surface area contributed by atoms with E-state index in [1.54, 1.807) is 12.4 Å². The molecule has 5 rings (SSSR count). The highest BCUT2D eigenvalue weighted by Crippen LogP contribution is 2.43. The molecule has 0 saturated heterocycles. The van der Waals surface area contributed by atoms with E-state index in [0.29, 0.717) is 11.8 Å². The van der Waals surface area contributed by atoms with Gasteiger partial charge < -0.3 is 15.4 Å². The zero-order chi connectivity index (χ0) is 22.8. The van der Waals surface area contributed by atoms with Crippen LogP contribution in [0.15, 0.2) is 73.1 Å². The van der Waals surface area contributed by atoms with Crippen LogP contribution in [0.3, 0.4) is 0 Å². The third-order valence-electron chi connectivity index (χ3n) is 5.81. The summed E-state index contributed by atoms with van der Waals surface area (Å²) in [6.07, 6.45) is 5.66. The van der Waals surface area contributed by atoms with E-state index in [1.807, 2.05) is 54.6 Å². The maximum Gasteiger partial charge on any atom is 0.229 e. The van der Waals surface area contributed by atoms with Crippen LogP contribution in [-0.4, -0.2) is 44.5 Å². The van der Waals surface area contributed by atoms with Gasteiger partial charge in [-0.3, -0.25) is 9.88 Å². The summed E-state index contributed by atoms with van der Waals surface area (Å²) in [7, 11) is 4.16. The number of para-hydroxylation sites is 1. The zero-order valence-electron chi connectivity index (χ0n) is 18.5. The highest BCUT2D eigenvalue weighted by atomic mass is 79.9. The van der Waals surface area contributed by atoms with Gasteiger partial charge in [0.15, 0.2) is 0 Å². The van der Waals surface area contributed by atoms with E-state index in [4.69, 9.17) is 4.74 Å². The van der Waals surface area contributed by atoms with Crippen LogP contribution in [0.2, 0.25) is 0 Å². The Bertz CT molecular complexity index is 1260. The normalized spacial score (nSPS) is 19.8. The van der Waals surface area contributed by atoms with Gasteiger partial charge in [-0.15, -0.1) is 0 Å². The van der Waals surface area contributed by atoms with E-state index in [1.165, 1.54) is 0 Å². The van der Waals surface area contributed by atoms with Gasteiger partial charge in [-0.25, -0.2) is 4.98 Å².